The van der Waals surface area contributed by atoms with Crippen LogP contribution in [0.2, 0.25) is 0 Å². The van der Waals surface area contributed by atoms with Crippen LogP contribution in [-0.4, -0.2) is 54.7 Å². The summed E-state index contributed by atoms with van der Waals surface area (Å²) in [5.74, 6) is -0.115. The summed E-state index contributed by atoms with van der Waals surface area (Å²) in [4.78, 5) is 14.5. The van der Waals surface area contributed by atoms with Gasteiger partial charge in [0.2, 0.25) is 5.91 Å². The number of rotatable bonds is 5. The van der Waals surface area contributed by atoms with Gasteiger partial charge in [0, 0.05) is 25.7 Å². The lowest BCUT2D eigenvalue weighted by Crippen LogP contribution is -2.51. The van der Waals surface area contributed by atoms with E-state index in [1.165, 1.54) is 0 Å². The Bertz CT molecular complexity index is 314. The molecule has 0 aliphatic carbocycles. The molecule has 6 heteroatoms. The van der Waals surface area contributed by atoms with Crippen LogP contribution >= 0.6 is 12.2 Å². The lowest BCUT2D eigenvalue weighted by Gasteiger charge is -2.31. The summed E-state index contributed by atoms with van der Waals surface area (Å²) in [5, 5.41) is 2.96. The third-order valence-corrected chi connectivity index (χ3v) is 3.71. The van der Waals surface area contributed by atoms with Crippen molar-refractivity contribution in [2.45, 2.75) is 26.8 Å². The van der Waals surface area contributed by atoms with E-state index in [4.69, 9.17) is 22.7 Å². The van der Waals surface area contributed by atoms with E-state index in [-0.39, 0.29) is 16.9 Å². The quantitative estimate of drug-likeness (QED) is 0.697. The van der Waals surface area contributed by atoms with Gasteiger partial charge in [0.15, 0.2) is 0 Å². The van der Waals surface area contributed by atoms with E-state index in [1.807, 2.05) is 6.92 Å². The number of amides is 1. The van der Waals surface area contributed by atoms with Crippen LogP contribution in [0.5, 0.6) is 0 Å². The molecule has 0 saturated carbocycles. The van der Waals surface area contributed by atoms with Gasteiger partial charge >= 0.3 is 0 Å². The Morgan fingerprint density at radius 1 is 1.50 bits per heavy atom. The molecule has 1 atom stereocenters. The molecule has 1 aliphatic heterocycles. The smallest absolute Gasteiger partial charge is 0.232 e. The van der Waals surface area contributed by atoms with Gasteiger partial charge in [0.1, 0.15) is 0 Å². The molecular formula is C12H23N3O2S. The molecular weight excluding hydrogens is 250 g/mol. The third kappa shape index (κ3) is 4.19. The molecule has 18 heavy (non-hydrogen) atoms. The summed E-state index contributed by atoms with van der Waals surface area (Å²) in [6.07, 6.45) is 0. The monoisotopic (exact) mass is 273 g/mol. The number of nitrogens with zero attached hydrogens (tertiary/aromatic N) is 1. The number of nitrogens with two attached hydrogens (primary N) is 1. The molecule has 1 unspecified atom stereocenters. The number of thiocarbonyl (C=S) groups is 1. The standard InChI is InChI=1S/C12H23N3O2S/c1-9(8-15-4-6-17-7-5-15)14-11(16)12(2,3)10(13)18/h9H,4-8H2,1-3H3,(H2,13,18)(H,14,16). The first kappa shape index (κ1) is 15.3. The Balaban J connectivity index is 2.41. The summed E-state index contributed by atoms with van der Waals surface area (Å²) in [5.41, 5.74) is 4.78. The molecule has 0 aromatic carbocycles. The summed E-state index contributed by atoms with van der Waals surface area (Å²) < 4.78 is 5.29. The van der Waals surface area contributed by atoms with Gasteiger partial charge in [0.25, 0.3) is 0 Å². The second kappa shape index (κ2) is 6.45. The van der Waals surface area contributed by atoms with Crippen LogP contribution < -0.4 is 11.1 Å². The van der Waals surface area contributed by atoms with E-state index >= 15 is 0 Å². The molecule has 0 spiro atoms. The molecule has 104 valence electrons. The van der Waals surface area contributed by atoms with Gasteiger partial charge in [0.05, 0.1) is 23.6 Å². The minimum Gasteiger partial charge on any atom is -0.392 e. The number of carbonyl (C=O) groups excluding carboxylic acids is 1. The zero-order chi connectivity index (χ0) is 13.8. The Morgan fingerprint density at radius 2 is 2.06 bits per heavy atom. The fourth-order valence-electron chi connectivity index (χ4n) is 1.73. The number of morpholine rings is 1. The fraction of sp³-hybridized carbons (Fsp3) is 0.833. The van der Waals surface area contributed by atoms with E-state index in [1.54, 1.807) is 13.8 Å². The number of hydrogen-bond acceptors (Lipinski definition) is 4. The SMILES string of the molecule is CC(CN1CCOCC1)NC(=O)C(C)(C)C(N)=S. The lowest BCUT2D eigenvalue weighted by molar-refractivity contribution is -0.127. The third-order valence-electron chi connectivity index (χ3n) is 3.20. The van der Waals surface area contributed by atoms with Crippen molar-refractivity contribution in [3.8, 4) is 0 Å². The average Bonchev–Trinajstić information content (AvgIpc) is 2.29. The highest BCUT2D eigenvalue weighted by Gasteiger charge is 2.31. The maximum Gasteiger partial charge on any atom is 0.232 e. The second-order valence-corrected chi connectivity index (χ2v) is 5.72. The molecule has 1 aliphatic rings. The van der Waals surface area contributed by atoms with Crippen molar-refractivity contribution < 1.29 is 9.53 Å². The van der Waals surface area contributed by atoms with Crippen LogP contribution in [0.1, 0.15) is 20.8 Å². The highest BCUT2D eigenvalue weighted by molar-refractivity contribution is 7.80. The van der Waals surface area contributed by atoms with Crippen molar-refractivity contribution in [1.29, 1.82) is 0 Å². The fourth-order valence-corrected chi connectivity index (χ4v) is 1.83. The highest BCUT2D eigenvalue weighted by atomic mass is 32.1. The van der Waals surface area contributed by atoms with Crippen LogP contribution in [0.3, 0.4) is 0 Å². The first-order chi connectivity index (χ1) is 8.34. The van der Waals surface area contributed by atoms with Gasteiger partial charge in [-0.2, -0.15) is 0 Å². The largest absolute Gasteiger partial charge is 0.392 e. The Hall–Kier alpha value is -0.720. The van der Waals surface area contributed by atoms with Gasteiger partial charge < -0.3 is 15.8 Å². The van der Waals surface area contributed by atoms with E-state index in [0.29, 0.717) is 0 Å². The number of hydrogen-bond donors (Lipinski definition) is 2. The number of carbonyl (C=O) groups is 1. The topological polar surface area (TPSA) is 67.6 Å². The van der Waals surface area contributed by atoms with Gasteiger partial charge in [-0.3, -0.25) is 9.69 Å². The predicted molar refractivity (Wildman–Crippen MR) is 75.4 cm³/mol. The molecule has 0 radical (unpaired) electrons. The van der Waals surface area contributed by atoms with E-state index in [0.717, 1.165) is 32.8 Å². The first-order valence-electron chi connectivity index (χ1n) is 6.25. The van der Waals surface area contributed by atoms with Crippen molar-refractivity contribution >= 4 is 23.1 Å². The van der Waals surface area contributed by atoms with Crippen LogP contribution in [0.25, 0.3) is 0 Å². The molecule has 3 N–H and O–H groups in total. The zero-order valence-electron chi connectivity index (χ0n) is 11.4. The zero-order valence-corrected chi connectivity index (χ0v) is 12.2. The summed E-state index contributed by atoms with van der Waals surface area (Å²) in [6, 6.07) is 0.0734. The van der Waals surface area contributed by atoms with E-state index in [2.05, 4.69) is 10.2 Å². The molecule has 0 bridgehead atoms. The van der Waals surface area contributed by atoms with Gasteiger partial charge in [-0.1, -0.05) is 12.2 Å². The van der Waals surface area contributed by atoms with Gasteiger partial charge in [-0.25, -0.2) is 0 Å². The predicted octanol–water partition coefficient (Wildman–Crippen LogP) is 0.136. The molecule has 1 heterocycles. The van der Waals surface area contributed by atoms with Crippen LogP contribution in [0.15, 0.2) is 0 Å². The molecule has 1 rings (SSSR count). The van der Waals surface area contributed by atoms with Crippen molar-refractivity contribution in [2.24, 2.45) is 11.1 Å². The first-order valence-corrected chi connectivity index (χ1v) is 6.66. The van der Waals surface area contributed by atoms with Crippen LogP contribution in [-0.2, 0) is 9.53 Å². The minimum atomic E-state index is -0.797. The molecule has 1 amide bonds. The maximum atomic E-state index is 12.0. The molecule has 0 aromatic heterocycles. The Labute approximate surface area is 114 Å². The number of ether oxygens (including phenoxy) is 1. The van der Waals surface area contributed by atoms with Crippen LogP contribution in [0, 0.1) is 5.41 Å². The van der Waals surface area contributed by atoms with Crippen molar-refractivity contribution in [3.63, 3.8) is 0 Å². The Morgan fingerprint density at radius 3 is 2.56 bits per heavy atom. The second-order valence-electron chi connectivity index (χ2n) is 5.28. The van der Waals surface area contributed by atoms with Gasteiger partial charge in [-0.05, 0) is 20.8 Å². The molecule has 5 nitrogen and oxygen atoms in total. The maximum absolute atomic E-state index is 12.0. The van der Waals surface area contributed by atoms with Crippen molar-refractivity contribution in [2.75, 3.05) is 32.8 Å². The Kier molecular flexibility index (Phi) is 5.49. The summed E-state index contributed by atoms with van der Waals surface area (Å²) >= 11 is 4.91. The lowest BCUT2D eigenvalue weighted by atomic mass is 9.92. The highest BCUT2D eigenvalue weighted by Crippen LogP contribution is 2.15. The normalized spacial score (nSPS) is 19.3. The van der Waals surface area contributed by atoms with Gasteiger partial charge in [-0.15, -0.1) is 0 Å². The molecule has 0 aromatic rings. The van der Waals surface area contributed by atoms with Crippen molar-refractivity contribution in [1.82, 2.24) is 10.2 Å². The summed E-state index contributed by atoms with van der Waals surface area (Å²) in [6.45, 7) is 9.65. The summed E-state index contributed by atoms with van der Waals surface area (Å²) in [7, 11) is 0. The average molecular weight is 273 g/mol. The van der Waals surface area contributed by atoms with E-state index < -0.39 is 5.41 Å². The van der Waals surface area contributed by atoms with Crippen molar-refractivity contribution in [3.05, 3.63) is 0 Å². The number of nitrogens with one attached hydrogen (secondary N) is 1. The molecule has 1 saturated heterocycles. The van der Waals surface area contributed by atoms with Crippen LogP contribution in [0.4, 0.5) is 0 Å². The molecule has 1 fully saturated rings. The minimum absolute atomic E-state index is 0.0734. The van der Waals surface area contributed by atoms with E-state index in [9.17, 15) is 4.79 Å².